The maximum Gasteiger partial charge on any atom is 0.406 e. The van der Waals surface area contributed by atoms with Crippen LogP contribution in [0.15, 0.2) is 0 Å². The van der Waals surface area contributed by atoms with Crippen LogP contribution in [0.25, 0.3) is 0 Å². The molecule has 0 spiro atoms. The Morgan fingerprint density at radius 1 is 1.82 bits per heavy atom. The van der Waals surface area contributed by atoms with Crippen molar-refractivity contribution in [1.82, 2.24) is 5.32 Å². The summed E-state index contributed by atoms with van der Waals surface area (Å²) in [6.07, 6.45) is 0.398. The number of hydrogen-bond donors (Lipinski definition) is 1. The van der Waals surface area contributed by atoms with Crippen LogP contribution in [0.5, 0.6) is 0 Å². The van der Waals surface area contributed by atoms with Gasteiger partial charge in [-0.2, -0.15) is 0 Å². The first-order chi connectivity index (χ1) is 5.16. The van der Waals surface area contributed by atoms with E-state index in [0.29, 0.717) is 6.61 Å². The van der Waals surface area contributed by atoms with E-state index in [1.165, 1.54) is 7.05 Å². The number of hydrogen-bond acceptors (Lipinski definition) is 3. The number of carbonyl (C=O) groups is 1. The molecule has 0 saturated carbocycles. The molecule has 1 aliphatic rings. The van der Waals surface area contributed by atoms with Crippen LogP contribution in [0.4, 0.5) is 4.79 Å². The molecule has 1 N–H and O–H groups in total. The predicted octanol–water partition coefficient (Wildman–Crippen LogP) is 0.521. The molecule has 4 heteroatoms. The third-order valence-corrected chi connectivity index (χ3v) is 1.71. The van der Waals surface area contributed by atoms with Crippen molar-refractivity contribution < 1.29 is 14.3 Å². The topological polar surface area (TPSA) is 50.9 Å². The highest BCUT2D eigenvalue weighted by Gasteiger charge is 2.38. The Morgan fingerprint density at radius 3 is 2.91 bits per heavy atom. The minimum absolute atomic E-state index is 0.0198. The molecular weight excluding hydrogens is 146 g/mol. The Labute approximate surface area is 65.9 Å². The van der Waals surface area contributed by atoms with Crippen LogP contribution in [0.2, 0.25) is 0 Å². The fourth-order valence-electron chi connectivity index (χ4n) is 0.699. The van der Waals surface area contributed by atoms with Gasteiger partial charge in [-0.05, 0) is 6.92 Å². The van der Waals surface area contributed by atoms with E-state index >= 15 is 0 Å². The van der Waals surface area contributed by atoms with Gasteiger partial charge in [0.15, 0.2) is 0 Å². The fraction of sp³-hybridized carbons (Fsp3) is 0.857. The molecule has 0 aromatic carbocycles. The summed E-state index contributed by atoms with van der Waals surface area (Å²) in [6.45, 7) is 3.21. The van der Waals surface area contributed by atoms with Gasteiger partial charge in [-0.25, -0.2) is 4.79 Å². The zero-order chi connectivity index (χ0) is 8.32. The van der Waals surface area contributed by atoms with Crippen LogP contribution in [-0.2, 0) is 9.47 Å². The van der Waals surface area contributed by atoms with Crippen LogP contribution in [0.3, 0.4) is 0 Å². The molecule has 11 heavy (non-hydrogen) atoms. The number of carbonyl (C=O) groups excluding carboxylic acids is 1. The monoisotopic (exact) mass is 159 g/mol. The van der Waals surface area contributed by atoms with Gasteiger partial charge in [0, 0.05) is 13.5 Å². The lowest BCUT2D eigenvalue weighted by Gasteiger charge is -2.05. The molecule has 0 aliphatic carbocycles. The molecule has 1 saturated heterocycles. The van der Waals surface area contributed by atoms with Gasteiger partial charge in [0.05, 0.1) is 18.8 Å². The number of epoxide rings is 1. The largest absolute Gasteiger partial charge is 0.449 e. The zero-order valence-electron chi connectivity index (χ0n) is 6.85. The average molecular weight is 159 g/mol. The first-order valence-corrected chi connectivity index (χ1v) is 3.65. The average Bonchev–Trinajstić information content (AvgIpc) is 2.68. The highest BCUT2D eigenvalue weighted by atomic mass is 16.6. The molecule has 1 unspecified atom stereocenters. The van der Waals surface area contributed by atoms with Gasteiger partial charge in [-0.1, -0.05) is 0 Å². The summed E-state index contributed by atoms with van der Waals surface area (Å²) < 4.78 is 9.88. The van der Waals surface area contributed by atoms with E-state index in [1.54, 1.807) is 0 Å². The van der Waals surface area contributed by atoms with Crippen LogP contribution >= 0.6 is 0 Å². The Morgan fingerprint density at radius 2 is 2.45 bits per heavy atom. The van der Waals surface area contributed by atoms with Crippen molar-refractivity contribution >= 4 is 6.09 Å². The van der Waals surface area contributed by atoms with Crippen molar-refractivity contribution in [3.05, 3.63) is 0 Å². The van der Waals surface area contributed by atoms with Crippen molar-refractivity contribution in [2.45, 2.75) is 18.9 Å². The maximum absolute atomic E-state index is 10.5. The molecule has 1 fully saturated rings. The number of nitrogens with one attached hydrogen (secondary N) is 1. The van der Waals surface area contributed by atoms with Crippen molar-refractivity contribution in [2.24, 2.45) is 0 Å². The van der Waals surface area contributed by atoms with E-state index in [-0.39, 0.29) is 11.7 Å². The number of ether oxygens (including phenoxy) is 2. The van der Waals surface area contributed by atoms with E-state index in [0.717, 1.165) is 13.0 Å². The van der Waals surface area contributed by atoms with Crippen LogP contribution in [0, 0.1) is 0 Å². The molecule has 1 heterocycles. The van der Waals surface area contributed by atoms with Gasteiger partial charge in [0.2, 0.25) is 0 Å². The highest BCUT2D eigenvalue weighted by Crippen LogP contribution is 2.29. The van der Waals surface area contributed by atoms with E-state index in [9.17, 15) is 4.79 Å². The summed E-state index contributed by atoms with van der Waals surface area (Å²) >= 11 is 0. The first-order valence-electron chi connectivity index (χ1n) is 3.65. The Balaban J connectivity index is 2.00. The van der Waals surface area contributed by atoms with Gasteiger partial charge in [-0.3, -0.25) is 0 Å². The Kier molecular flexibility index (Phi) is 2.34. The van der Waals surface area contributed by atoms with E-state index < -0.39 is 0 Å². The maximum atomic E-state index is 10.5. The standard InChI is InChI=1S/C7H13NO3/c1-7(5-11-7)3-4-10-6(9)8-2/h3-5H2,1-2H3,(H,8,9). The molecule has 1 atom stereocenters. The second-order valence-corrected chi connectivity index (χ2v) is 2.87. The molecule has 1 rings (SSSR count). The van der Waals surface area contributed by atoms with Crippen LogP contribution in [-0.4, -0.2) is 32.0 Å². The number of amides is 1. The molecule has 0 aromatic rings. The molecule has 64 valence electrons. The molecule has 0 radical (unpaired) electrons. The van der Waals surface area contributed by atoms with Crippen LogP contribution < -0.4 is 5.32 Å². The van der Waals surface area contributed by atoms with Gasteiger partial charge in [-0.15, -0.1) is 0 Å². The normalized spacial score (nSPS) is 27.8. The van der Waals surface area contributed by atoms with E-state index in [1.807, 2.05) is 6.92 Å². The summed E-state index contributed by atoms with van der Waals surface area (Å²) in [4.78, 5) is 10.5. The molecule has 0 aromatic heterocycles. The zero-order valence-corrected chi connectivity index (χ0v) is 6.85. The second-order valence-electron chi connectivity index (χ2n) is 2.87. The van der Waals surface area contributed by atoms with Gasteiger partial charge in [0.25, 0.3) is 0 Å². The summed E-state index contributed by atoms with van der Waals surface area (Å²) in [6, 6.07) is 0. The summed E-state index contributed by atoms with van der Waals surface area (Å²) in [5.41, 5.74) is -0.0198. The smallest absolute Gasteiger partial charge is 0.406 e. The summed E-state index contributed by atoms with van der Waals surface area (Å²) in [5.74, 6) is 0. The van der Waals surface area contributed by atoms with Gasteiger partial charge in [0.1, 0.15) is 0 Å². The summed E-state index contributed by atoms with van der Waals surface area (Å²) in [5, 5.41) is 2.37. The van der Waals surface area contributed by atoms with Crippen molar-refractivity contribution in [3.63, 3.8) is 0 Å². The third kappa shape index (κ3) is 2.76. The summed E-state index contributed by atoms with van der Waals surface area (Å²) in [7, 11) is 1.54. The molecular formula is C7H13NO3. The minimum atomic E-state index is -0.380. The Bertz CT molecular complexity index is 154. The van der Waals surface area contributed by atoms with E-state index in [2.05, 4.69) is 5.32 Å². The van der Waals surface area contributed by atoms with Crippen molar-refractivity contribution in [3.8, 4) is 0 Å². The minimum Gasteiger partial charge on any atom is -0.449 e. The highest BCUT2D eigenvalue weighted by molar-refractivity contribution is 5.66. The molecule has 1 aliphatic heterocycles. The number of alkyl carbamates (subject to hydrolysis) is 1. The van der Waals surface area contributed by atoms with Gasteiger partial charge < -0.3 is 14.8 Å². The fourth-order valence-corrected chi connectivity index (χ4v) is 0.699. The number of rotatable bonds is 3. The Hall–Kier alpha value is -0.770. The first kappa shape index (κ1) is 8.33. The lowest BCUT2D eigenvalue weighted by Crippen LogP contribution is -2.21. The lowest BCUT2D eigenvalue weighted by molar-refractivity contribution is 0.136. The second kappa shape index (κ2) is 3.09. The third-order valence-electron chi connectivity index (χ3n) is 1.71. The SMILES string of the molecule is CNC(=O)OCCC1(C)CO1. The molecule has 4 nitrogen and oxygen atoms in total. The van der Waals surface area contributed by atoms with E-state index in [4.69, 9.17) is 9.47 Å². The molecule has 1 amide bonds. The lowest BCUT2D eigenvalue weighted by atomic mass is 10.1. The quantitative estimate of drug-likeness (QED) is 0.611. The van der Waals surface area contributed by atoms with Crippen LogP contribution in [0.1, 0.15) is 13.3 Å². The van der Waals surface area contributed by atoms with Crippen molar-refractivity contribution in [1.29, 1.82) is 0 Å². The predicted molar refractivity (Wildman–Crippen MR) is 39.4 cm³/mol. The molecule has 0 bridgehead atoms. The van der Waals surface area contributed by atoms with Gasteiger partial charge >= 0.3 is 6.09 Å². The van der Waals surface area contributed by atoms with Crippen molar-refractivity contribution in [2.75, 3.05) is 20.3 Å².